The van der Waals surface area contributed by atoms with E-state index in [9.17, 15) is 0 Å². The van der Waals surface area contributed by atoms with Crippen molar-refractivity contribution in [3.05, 3.63) is 12.2 Å². The molecule has 2 heteroatoms. The van der Waals surface area contributed by atoms with E-state index in [1.165, 1.54) is 6.42 Å². The molecule has 0 unspecified atom stereocenters. The molecule has 0 aliphatic heterocycles. The summed E-state index contributed by atoms with van der Waals surface area (Å²) in [5.74, 6) is 0.682. The van der Waals surface area contributed by atoms with Gasteiger partial charge in [-0.2, -0.15) is 0 Å². The second kappa shape index (κ2) is 5.40. The Balaban J connectivity index is 2.47. The molecule has 0 spiro atoms. The summed E-state index contributed by atoms with van der Waals surface area (Å²) in [7, 11) is 3.54. The zero-order valence-electron chi connectivity index (χ0n) is 8.82. The number of methoxy groups -OCH3 is 2. The molecule has 0 aromatic carbocycles. The minimum absolute atomic E-state index is 0.278. The zero-order chi connectivity index (χ0) is 9.68. The molecule has 0 radical (unpaired) electrons. The molecular formula is C11H20O2. The first-order valence-electron chi connectivity index (χ1n) is 5.00. The predicted octanol–water partition coefficient (Wildman–Crippen LogP) is 2.39. The molecule has 76 valence electrons. The molecule has 0 aromatic heterocycles. The molecule has 0 N–H and O–H groups in total. The molecule has 0 bridgehead atoms. The van der Waals surface area contributed by atoms with Gasteiger partial charge < -0.3 is 9.47 Å². The van der Waals surface area contributed by atoms with Crippen LogP contribution in [0.15, 0.2) is 12.2 Å². The van der Waals surface area contributed by atoms with Gasteiger partial charge in [0.2, 0.25) is 0 Å². The fourth-order valence-corrected chi connectivity index (χ4v) is 2.10. The first kappa shape index (κ1) is 10.7. The quantitative estimate of drug-likeness (QED) is 0.627. The summed E-state index contributed by atoms with van der Waals surface area (Å²) in [6, 6.07) is 0. The van der Waals surface area contributed by atoms with Crippen molar-refractivity contribution in [1.29, 1.82) is 0 Å². The second-order valence-corrected chi connectivity index (χ2v) is 3.65. The van der Waals surface area contributed by atoms with E-state index in [1.807, 2.05) is 0 Å². The van der Waals surface area contributed by atoms with Gasteiger partial charge in [-0.3, -0.25) is 0 Å². The van der Waals surface area contributed by atoms with Crippen LogP contribution >= 0.6 is 0 Å². The topological polar surface area (TPSA) is 18.5 Å². The highest BCUT2D eigenvalue weighted by molar-refractivity contribution is 4.92. The van der Waals surface area contributed by atoms with Crippen LogP contribution in [0.5, 0.6) is 0 Å². The summed E-state index contributed by atoms with van der Waals surface area (Å²) < 4.78 is 10.8. The average molecular weight is 184 g/mol. The van der Waals surface area contributed by atoms with E-state index in [0.717, 1.165) is 12.8 Å². The van der Waals surface area contributed by atoms with Crippen molar-refractivity contribution in [3.8, 4) is 0 Å². The van der Waals surface area contributed by atoms with Gasteiger partial charge in [-0.1, -0.05) is 12.2 Å². The Morgan fingerprint density at radius 1 is 1.08 bits per heavy atom. The zero-order valence-corrected chi connectivity index (χ0v) is 8.82. The van der Waals surface area contributed by atoms with Crippen LogP contribution in [-0.2, 0) is 9.47 Å². The van der Waals surface area contributed by atoms with E-state index in [2.05, 4.69) is 19.1 Å². The van der Waals surface area contributed by atoms with Crippen LogP contribution in [0.2, 0.25) is 0 Å². The maximum Gasteiger partial charge on any atom is 0.0838 e. The molecule has 0 aromatic rings. The molecule has 0 saturated heterocycles. The molecule has 0 amide bonds. The third-order valence-electron chi connectivity index (χ3n) is 2.84. The van der Waals surface area contributed by atoms with Crippen molar-refractivity contribution in [2.24, 2.45) is 5.92 Å². The number of allylic oxidation sites excluding steroid dienone is 2. The summed E-state index contributed by atoms with van der Waals surface area (Å²) >= 11 is 0. The Hall–Kier alpha value is -0.340. The maximum atomic E-state index is 5.41. The van der Waals surface area contributed by atoms with Crippen LogP contribution in [0.4, 0.5) is 0 Å². The molecule has 1 fully saturated rings. The monoisotopic (exact) mass is 184 g/mol. The van der Waals surface area contributed by atoms with Crippen LogP contribution in [0.1, 0.15) is 26.2 Å². The van der Waals surface area contributed by atoms with E-state index in [1.54, 1.807) is 14.2 Å². The van der Waals surface area contributed by atoms with Gasteiger partial charge in [0.15, 0.2) is 0 Å². The number of rotatable bonds is 3. The van der Waals surface area contributed by atoms with Crippen LogP contribution in [0.3, 0.4) is 0 Å². The van der Waals surface area contributed by atoms with Crippen molar-refractivity contribution < 1.29 is 9.47 Å². The van der Waals surface area contributed by atoms with Crippen molar-refractivity contribution in [3.63, 3.8) is 0 Å². The summed E-state index contributed by atoms with van der Waals surface area (Å²) in [5, 5.41) is 0. The van der Waals surface area contributed by atoms with Crippen molar-refractivity contribution in [2.45, 2.75) is 38.4 Å². The van der Waals surface area contributed by atoms with Crippen LogP contribution in [0, 0.1) is 5.92 Å². The summed E-state index contributed by atoms with van der Waals surface area (Å²) in [4.78, 5) is 0. The lowest BCUT2D eigenvalue weighted by molar-refractivity contribution is -0.0655. The number of hydrogen-bond donors (Lipinski definition) is 0. The molecule has 1 rings (SSSR count). The SMILES string of the molecule is C/C=C\[C@@H]1CC[C@@H](OC)[C@H](OC)C1. The summed E-state index contributed by atoms with van der Waals surface area (Å²) in [6.45, 7) is 2.07. The molecule has 1 aliphatic carbocycles. The smallest absolute Gasteiger partial charge is 0.0838 e. The first-order chi connectivity index (χ1) is 6.31. The van der Waals surface area contributed by atoms with Gasteiger partial charge in [-0.25, -0.2) is 0 Å². The fraction of sp³-hybridized carbons (Fsp3) is 0.818. The minimum Gasteiger partial charge on any atom is -0.379 e. The van der Waals surface area contributed by atoms with Crippen LogP contribution in [-0.4, -0.2) is 26.4 Å². The van der Waals surface area contributed by atoms with E-state index >= 15 is 0 Å². The molecule has 1 aliphatic rings. The lowest BCUT2D eigenvalue weighted by Gasteiger charge is -2.33. The third kappa shape index (κ3) is 2.82. The Morgan fingerprint density at radius 2 is 1.77 bits per heavy atom. The second-order valence-electron chi connectivity index (χ2n) is 3.65. The van der Waals surface area contributed by atoms with E-state index in [-0.39, 0.29) is 6.10 Å². The molecule has 1 saturated carbocycles. The highest BCUT2D eigenvalue weighted by Gasteiger charge is 2.28. The maximum absolute atomic E-state index is 5.41. The van der Waals surface area contributed by atoms with Crippen molar-refractivity contribution in [2.75, 3.05) is 14.2 Å². The fourth-order valence-electron chi connectivity index (χ4n) is 2.10. The van der Waals surface area contributed by atoms with Gasteiger partial charge >= 0.3 is 0 Å². The molecule has 0 heterocycles. The Bertz CT molecular complexity index is 165. The van der Waals surface area contributed by atoms with E-state index in [4.69, 9.17) is 9.47 Å². The first-order valence-corrected chi connectivity index (χ1v) is 5.00. The Kier molecular flexibility index (Phi) is 4.46. The predicted molar refractivity (Wildman–Crippen MR) is 53.7 cm³/mol. The van der Waals surface area contributed by atoms with Gasteiger partial charge in [0, 0.05) is 14.2 Å². The van der Waals surface area contributed by atoms with Gasteiger partial charge in [0.1, 0.15) is 0 Å². The van der Waals surface area contributed by atoms with E-state index < -0.39 is 0 Å². The van der Waals surface area contributed by atoms with Gasteiger partial charge in [-0.05, 0) is 32.1 Å². The van der Waals surface area contributed by atoms with Crippen LogP contribution < -0.4 is 0 Å². The average Bonchev–Trinajstić information content (AvgIpc) is 2.18. The third-order valence-corrected chi connectivity index (χ3v) is 2.84. The summed E-state index contributed by atoms with van der Waals surface area (Å²) in [5.41, 5.74) is 0. The van der Waals surface area contributed by atoms with Crippen LogP contribution in [0.25, 0.3) is 0 Å². The lowest BCUT2D eigenvalue weighted by atomic mass is 9.85. The number of hydrogen-bond acceptors (Lipinski definition) is 2. The minimum atomic E-state index is 0.278. The largest absolute Gasteiger partial charge is 0.379 e. The van der Waals surface area contributed by atoms with Crippen molar-refractivity contribution >= 4 is 0 Å². The van der Waals surface area contributed by atoms with Gasteiger partial charge in [-0.15, -0.1) is 0 Å². The Labute approximate surface area is 80.9 Å². The highest BCUT2D eigenvalue weighted by Crippen LogP contribution is 2.28. The number of ether oxygens (including phenoxy) is 2. The Morgan fingerprint density at radius 3 is 2.31 bits per heavy atom. The van der Waals surface area contributed by atoms with E-state index in [0.29, 0.717) is 12.0 Å². The van der Waals surface area contributed by atoms with Gasteiger partial charge in [0.05, 0.1) is 12.2 Å². The molecule has 3 atom stereocenters. The lowest BCUT2D eigenvalue weighted by Crippen LogP contribution is -2.36. The highest BCUT2D eigenvalue weighted by atomic mass is 16.5. The standard InChI is InChI=1S/C11H20O2/c1-4-5-9-6-7-10(12-2)11(8-9)13-3/h4-5,9-11H,6-8H2,1-3H3/b5-4-/t9-,10-,11-/m1/s1. The molecular weight excluding hydrogens is 164 g/mol. The summed E-state index contributed by atoms with van der Waals surface area (Å²) in [6.07, 6.45) is 8.42. The normalized spacial score (nSPS) is 35.5. The molecule has 2 nitrogen and oxygen atoms in total. The molecule has 13 heavy (non-hydrogen) atoms. The van der Waals surface area contributed by atoms with Crippen molar-refractivity contribution in [1.82, 2.24) is 0 Å². The van der Waals surface area contributed by atoms with Gasteiger partial charge in [0.25, 0.3) is 0 Å².